The lowest BCUT2D eigenvalue weighted by Gasteiger charge is -2.36. The summed E-state index contributed by atoms with van der Waals surface area (Å²) in [7, 11) is 0. The fourth-order valence-corrected chi connectivity index (χ4v) is 3.03. The Morgan fingerprint density at radius 1 is 1.26 bits per heavy atom. The van der Waals surface area contributed by atoms with Crippen LogP contribution in [0, 0.1) is 0 Å². The van der Waals surface area contributed by atoms with Gasteiger partial charge in [-0.05, 0) is 25.0 Å². The van der Waals surface area contributed by atoms with Crippen LogP contribution in [0.15, 0.2) is 30.6 Å². The van der Waals surface area contributed by atoms with Gasteiger partial charge in [0.15, 0.2) is 0 Å². The van der Waals surface area contributed by atoms with Crippen LogP contribution in [0.2, 0.25) is 0 Å². The largest absolute Gasteiger partial charge is 0.394 e. The maximum Gasteiger partial charge on any atom is 0.0706 e. The van der Waals surface area contributed by atoms with Crippen molar-refractivity contribution in [2.75, 3.05) is 6.61 Å². The molecular weight excluding hydrogens is 238 g/mol. The number of hydrogen-bond acceptors (Lipinski definition) is 3. The number of pyridine rings is 1. The van der Waals surface area contributed by atoms with Gasteiger partial charge in [0, 0.05) is 23.8 Å². The maximum atomic E-state index is 9.70. The van der Waals surface area contributed by atoms with Crippen LogP contribution in [-0.2, 0) is 6.54 Å². The lowest BCUT2D eigenvalue weighted by atomic mass is 9.82. The Labute approximate surface area is 113 Å². The highest BCUT2D eigenvalue weighted by Crippen LogP contribution is 2.28. The van der Waals surface area contributed by atoms with Crippen molar-refractivity contribution < 1.29 is 5.11 Å². The zero-order valence-electron chi connectivity index (χ0n) is 11.2. The predicted molar refractivity (Wildman–Crippen MR) is 74.9 cm³/mol. The van der Waals surface area contributed by atoms with E-state index in [0.29, 0.717) is 0 Å². The molecule has 4 nitrogen and oxygen atoms in total. The van der Waals surface area contributed by atoms with E-state index in [0.717, 1.165) is 24.9 Å². The number of nitrogens with one attached hydrogen (secondary N) is 1. The number of aliphatic hydroxyl groups excluding tert-OH is 1. The van der Waals surface area contributed by atoms with E-state index < -0.39 is 0 Å². The first-order valence-corrected chi connectivity index (χ1v) is 7.10. The van der Waals surface area contributed by atoms with Crippen LogP contribution >= 0.6 is 0 Å². The Morgan fingerprint density at radius 3 is 2.89 bits per heavy atom. The van der Waals surface area contributed by atoms with E-state index >= 15 is 0 Å². The molecule has 1 saturated carbocycles. The Bertz CT molecular complexity index is 543. The van der Waals surface area contributed by atoms with Crippen LogP contribution in [0.4, 0.5) is 0 Å². The van der Waals surface area contributed by atoms with E-state index in [2.05, 4.69) is 16.5 Å². The summed E-state index contributed by atoms with van der Waals surface area (Å²) in [4.78, 5) is 0. The van der Waals surface area contributed by atoms with Gasteiger partial charge in [0.1, 0.15) is 0 Å². The normalized spacial score (nSPS) is 18.8. The van der Waals surface area contributed by atoms with Gasteiger partial charge in [0.2, 0.25) is 0 Å². The first kappa shape index (κ1) is 12.6. The maximum absolute atomic E-state index is 9.70. The van der Waals surface area contributed by atoms with E-state index in [-0.39, 0.29) is 12.1 Å². The van der Waals surface area contributed by atoms with Crippen molar-refractivity contribution in [3.05, 3.63) is 36.2 Å². The summed E-state index contributed by atoms with van der Waals surface area (Å²) in [5.41, 5.74) is 2.25. The van der Waals surface area contributed by atoms with Crippen LogP contribution in [0.25, 0.3) is 5.52 Å². The molecule has 2 aromatic rings. The quantitative estimate of drug-likeness (QED) is 0.884. The number of nitrogens with zero attached hydrogens (tertiary/aromatic N) is 2. The lowest BCUT2D eigenvalue weighted by molar-refractivity contribution is 0.119. The van der Waals surface area contributed by atoms with Crippen molar-refractivity contribution in [3.8, 4) is 0 Å². The molecule has 1 fully saturated rings. The minimum Gasteiger partial charge on any atom is -0.394 e. The fourth-order valence-electron chi connectivity index (χ4n) is 3.03. The summed E-state index contributed by atoms with van der Waals surface area (Å²) in [5.74, 6) is 0. The molecule has 0 saturated heterocycles. The molecule has 1 aliphatic rings. The summed E-state index contributed by atoms with van der Waals surface area (Å²) in [5, 5.41) is 17.6. The van der Waals surface area contributed by atoms with Gasteiger partial charge in [0.25, 0.3) is 0 Å². The summed E-state index contributed by atoms with van der Waals surface area (Å²) in [6, 6.07) is 6.09. The Balaban J connectivity index is 1.74. The highest BCUT2D eigenvalue weighted by atomic mass is 16.3. The van der Waals surface area contributed by atoms with Crippen LogP contribution < -0.4 is 5.32 Å². The molecule has 2 heterocycles. The van der Waals surface area contributed by atoms with Gasteiger partial charge < -0.3 is 10.4 Å². The number of fused-ring (bicyclic) bond motifs is 1. The summed E-state index contributed by atoms with van der Waals surface area (Å²) < 4.78 is 1.89. The summed E-state index contributed by atoms with van der Waals surface area (Å²) in [6.07, 6.45) is 9.73. The monoisotopic (exact) mass is 259 g/mol. The number of rotatable bonds is 4. The molecule has 0 aliphatic heterocycles. The standard InChI is InChI=1S/C15H21N3O/c19-12-15(7-3-1-4-8-15)16-10-13-11-17-18-9-5-2-6-14(13)18/h2,5-6,9,11,16,19H,1,3-4,7-8,10,12H2. The summed E-state index contributed by atoms with van der Waals surface area (Å²) in [6.45, 7) is 1.00. The molecule has 0 spiro atoms. The van der Waals surface area contributed by atoms with E-state index in [1.807, 2.05) is 29.0 Å². The minimum absolute atomic E-state index is 0.0821. The van der Waals surface area contributed by atoms with E-state index in [1.54, 1.807) is 0 Å². The van der Waals surface area contributed by atoms with E-state index in [1.165, 1.54) is 24.8 Å². The van der Waals surface area contributed by atoms with Crippen molar-refractivity contribution in [2.24, 2.45) is 0 Å². The highest BCUT2D eigenvalue weighted by Gasteiger charge is 2.30. The first-order chi connectivity index (χ1) is 9.33. The van der Waals surface area contributed by atoms with Gasteiger partial charge in [-0.3, -0.25) is 0 Å². The molecule has 0 bridgehead atoms. The van der Waals surface area contributed by atoms with E-state index in [9.17, 15) is 5.11 Å². The second-order valence-electron chi connectivity index (χ2n) is 5.55. The molecular formula is C15H21N3O. The van der Waals surface area contributed by atoms with Gasteiger partial charge >= 0.3 is 0 Å². The Hall–Kier alpha value is -1.39. The number of aromatic nitrogens is 2. The van der Waals surface area contributed by atoms with Gasteiger partial charge in [-0.15, -0.1) is 0 Å². The molecule has 0 amide bonds. The molecule has 1 aliphatic carbocycles. The molecule has 0 radical (unpaired) electrons. The van der Waals surface area contributed by atoms with Crippen molar-refractivity contribution in [1.82, 2.24) is 14.9 Å². The molecule has 102 valence electrons. The average Bonchev–Trinajstić information content (AvgIpc) is 2.89. The van der Waals surface area contributed by atoms with Gasteiger partial charge in [-0.2, -0.15) is 5.10 Å². The first-order valence-electron chi connectivity index (χ1n) is 7.10. The second kappa shape index (κ2) is 5.31. The Morgan fingerprint density at radius 2 is 2.11 bits per heavy atom. The Kier molecular flexibility index (Phi) is 3.53. The highest BCUT2D eigenvalue weighted by molar-refractivity contribution is 5.53. The van der Waals surface area contributed by atoms with Gasteiger partial charge in [0.05, 0.1) is 18.3 Å². The summed E-state index contributed by atoms with van der Waals surface area (Å²) >= 11 is 0. The smallest absolute Gasteiger partial charge is 0.0706 e. The average molecular weight is 259 g/mol. The van der Waals surface area contributed by atoms with Gasteiger partial charge in [-0.1, -0.05) is 25.3 Å². The SMILES string of the molecule is OCC1(NCc2cnn3ccccc23)CCCCC1. The third-order valence-electron chi connectivity index (χ3n) is 4.27. The third-order valence-corrected chi connectivity index (χ3v) is 4.27. The van der Waals surface area contributed by atoms with Crippen LogP contribution in [0.3, 0.4) is 0 Å². The van der Waals surface area contributed by atoms with Crippen molar-refractivity contribution >= 4 is 5.52 Å². The minimum atomic E-state index is -0.0821. The molecule has 0 unspecified atom stereocenters. The molecule has 2 aromatic heterocycles. The molecule has 19 heavy (non-hydrogen) atoms. The van der Waals surface area contributed by atoms with Crippen LogP contribution in [-0.4, -0.2) is 26.9 Å². The van der Waals surface area contributed by atoms with Crippen molar-refractivity contribution in [1.29, 1.82) is 0 Å². The molecule has 4 heteroatoms. The molecule has 3 rings (SSSR count). The molecule has 2 N–H and O–H groups in total. The second-order valence-corrected chi connectivity index (χ2v) is 5.55. The number of hydrogen-bond donors (Lipinski definition) is 2. The van der Waals surface area contributed by atoms with E-state index in [4.69, 9.17) is 0 Å². The third kappa shape index (κ3) is 2.51. The fraction of sp³-hybridized carbons (Fsp3) is 0.533. The number of aliphatic hydroxyl groups is 1. The van der Waals surface area contributed by atoms with Gasteiger partial charge in [-0.25, -0.2) is 4.52 Å². The van der Waals surface area contributed by atoms with Crippen molar-refractivity contribution in [2.45, 2.75) is 44.2 Å². The lowest BCUT2D eigenvalue weighted by Crippen LogP contribution is -2.49. The molecule has 0 aromatic carbocycles. The predicted octanol–water partition coefficient (Wildman–Crippen LogP) is 2.12. The molecule has 0 atom stereocenters. The zero-order valence-corrected chi connectivity index (χ0v) is 11.2. The topological polar surface area (TPSA) is 49.6 Å². The zero-order chi connectivity index (χ0) is 13.1. The van der Waals surface area contributed by atoms with Crippen molar-refractivity contribution in [3.63, 3.8) is 0 Å². The van der Waals surface area contributed by atoms with Crippen LogP contribution in [0.5, 0.6) is 0 Å². The van der Waals surface area contributed by atoms with Crippen LogP contribution in [0.1, 0.15) is 37.7 Å².